The zero-order valence-electron chi connectivity index (χ0n) is 17.8. The third kappa shape index (κ3) is 7.05. The first-order valence-corrected chi connectivity index (χ1v) is 9.79. The van der Waals surface area contributed by atoms with Gasteiger partial charge in [-0.2, -0.15) is 0 Å². The van der Waals surface area contributed by atoms with Crippen molar-refractivity contribution in [2.24, 2.45) is 4.99 Å². The molecule has 0 spiro atoms. The maximum absolute atomic E-state index is 5.40. The van der Waals surface area contributed by atoms with E-state index in [0.717, 1.165) is 43.3 Å². The van der Waals surface area contributed by atoms with Gasteiger partial charge in [0, 0.05) is 39.1 Å². The number of rotatable bonds is 8. The summed E-state index contributed by atoms with van der Waals surface area (Å²) in [6.07, 6.45) is 6.50. The number of aliphatic imine (C=N–C) groups is 1. The Bertz CT molecular complexity index is 923. The van der Waals surface area contributed by atoms with Gasteiger partial charge in [0.25, 0.3) is 0 Å². The summed E-state index contributed by atoms with van der Waals surface area (Å²) in [5.41, 5.74) is 4.86. The number of aromatic nitrogens is 2. The predicted molar refractivity (Wildman–Crippen MR) is 133 cm³/mol. The number of nitrogens with zero attached hydrogens (tertiary/aromatic N) is 3. The molecule has 0 bridgehead atoms. The molecule has 0 aliphatic rings. The van der Waals surface area contributed by atoms with Gasteiger partial charge in [0.2, 0.25) is 0 Å². The second kappa shape index (κ2) is 12.2. The monoisotopic (exact) mass is 519 g/mol. The lowest BCUT2D eigenvalue weighted by atomic mass is 10.1. The number of benzene rings is 2. The molecule has 3 aromatic rings. The largest absolute Gasteiger partial charge is 0.496 e. The molecule has 2 aromatic carbocycles. The van der Waals surface area contributed by atoms with Gasteiger partial charge in [0.15, 0.2) is 5.96 Å². The average molecular weight is 519 g/mol. The molecule has 160 valence electrons. The summed E-state index contributed by atoms with van der Waals surface area (Å²) in [6.45, 7) is 4.41. The highest BCUT2D eigenvalue weighted by Crippen LogP contribution is 2.19. The van der Waals surface area contributed by atoms with Crippen LogP contribution in [0.1, 0.15) is 22.3 Å². The van der Waals surface area contributed by atoms with E-state index in [-0.39, 0.29) is 24.0 Å². The van der Waals surface area contributed by atoms with E-state index < -0.39 is 0 Å². The zero-order chi connectivity index (χ0) is 20.5. The normalized spacial score (nSPS) is 11.0. The molecule has 6 nitrogen and oxygen atoms in total. The second-order valence-corrected chi connectivity index (χ2v) is 6.96. The summed E-state index contributed by atoms with van der Waals surface area (Å²) in [5, 5.41) is 6.74. The molecule has 1 heterocycles. The average Bonchev–Trinajstić information content (AvgIpc) is 3.26. The summed E-state index contributed by atoms with van der Waals surface area (Å²) in [5.74, 6) is 1.73. The number of imidazole rings is 1. The molecule has 0 unspecified atom stereocenters. The summed E-state index contributed by atoms with van der Waals surface area (Å²) >= 11 is 0. The number of halogens is 1. The molecule has 3 rings (SSSR count). The Kier molecular flexibility index (Phi) is 9.66. The Balaban J connectivity index is 0.00000320. The van der Waals surface area contributed by atoms with E-state index in [1.807, 2.05) is 12.5 Å². The van der Waals surface area contributed by atoms with Gasteiger partial charge in [0.05, 0.1) is 13.4 Å². The molecule has 0 aliphatic carbocycles. The molecular weight excluding hydrogens is 489 g/mol. The molecule has 0 aliphatic heterocycles. The first-order valence-electron chi connectivity index (χ1n) is 9.79. The van der Waals surface area contributed by atoms with Gasteiger partial charge in [-0.15, -0.1) is 24.0 Å². The van der Waals surface area contributed by atoms with Gasteiger partial charge in [-0.05, 0) is 41.7 Å². The third-order valence-corrected chi connectivity index (χ3v) is 4.81. The summed E-state index contributed by atoms with van der Waals surface area (Å²) < 4.78 is 7.46. The van der Waals surface area contributed by atoms with Crippen LogP contribution in [0.2, 0.25) is 0 Å². The van der Waals surface area contributed by atoms with Crippen molar-refractivity contribution in [2.75, 3.05) is 20.7 Å². The Morgan fingerprint density at radius 2 is 1.80 bits per heavy atom. The highest BCUT2D eigenvalue weighted by Gasteiger charge is 2.03. The van der Waals surface area contributed by atoms with Crippen molar-refractivity contribution in [1.82, 2.24) is 20.2 Å². The standard InChI is InChI=1S/C23H29N5O.HI/c1-18-4-5-19(14-22(18)29-3)10-11-26-23(24-2)27-15-20-6-8-21(9-7-20)16-28-13-12-25-17-28;/h4-9,12-14,17H,10-11,15-16H2,1-3H3,(H2,24,26,27);1H. The van der Waals surface area contributed by atoms with Crippen molar-refractivity contribution in [3.8, 4) is 5.75 Å². The number of guanidine groups is 1. The van der Waals surface area contributed by atoms with Gasteiger partial charge in [-0.3, -0.25) is 4.99 Å². The van der Waals surface area contributed by atoms with E-state index in [9.17, 15) is 0 Å². The molecule has 0 atom stereocenters. The molecule has 0 amide bonds. The van der Waals surface area contributed by atoms with Gasteiger partial charge in [-0.1, -0.05) is 36.4 Å². The number of hydrogen-bond donors (Lipinski definition) is 2. The molecule has 2 N–H and O–H groups in total. The van der Waals surface area contributed by atoms with Crippen LogP contribution in [0, 0.1) is 6.92 Å². The SMILES string of the molecule is CN=C(NCCc1ccc(C)c(OC)c1)NCc1ccc(Cn2ccnc2)cc1.I. The van der Waals surface area contributed by atoms with Gasteiger partial charge in [0.1, 0.15) is 5.75 Å². The van der Waals surface area contributed by atoms with Gasteiger partial charge in [-0.25, -0.2) is 4.98 Å². The first-order chi connectivity index (χ1) is 14.2. The zero-order valence-corrected chi connectivity index (χ0v) is 20.1. The van der Waals surface area contributed by atoms with Crippen LogP contribution < -0.4 is 15.4 Å². The maximum Gasteiger partial charge on any atom is 0.191 e. The number of ether oxygens (including phenoxy) is 1. The van der Waals surface area contributed by atoms with Crippen molar-refractivity contribution in [3.63, 3.8) is 0 Å². The van der Waals surface area contributed by atoms with Crippen LogP contribution >= 0.6 is 24.0 Å². The van der Waals surface area contributed by atoms with Crippen molar-refractivity contribution >= 4 is 29.9 Å². The van der Waals surface area contributed by atoms with Crippen molar-refractivity contribution in [1.29, 1.82) is 0 Å². The lowest BCUT2D eigenvalue weighted by Gasteiger charge is -2.13. The van der Waals surface area contributed by atoms with E-state index in [1.54, 1.807) is 20.4 Å². The fourth-order valence-corrected chi connectivity index (χ4v) is 3.11. The lowest BCUT2D eigenvalue weighted by molar-refractivity contribution is 0.411. The molecule has 1 aromatic heterocycles. The molecular formula is C23H30IN5O. The highest BCUT2D eigenvalue weighted by atomic mass is 127. The molecule has 0 fully saturated rings. The van der Waals surface area contributed by atoms with Crippen molar-refractivity contribution in [3.05, 3.63) is 83.4 Å². The van der Waals surface area contributed by atoms with E-state index in [1.165, 1.54) is 16.7 Å². The van der Waals surface area contributed by atoms with Crippen molar-refractivity contribution < 1.29 is 4.74 Å². The van der Waals surface area contributed by atoms with Crippen LogP contribution in [0.4, 0.5) is 0 Å². The maximum atomic E-state index is 5.40. The molecule has 7 heteroatoms. The quantitative estimate of drug-likeness (QED) is 0.270. The molecule has 30 heavy (non-hydrogen) atoms. The van der Waals surface area contributed by atoms with Crippen LogP contribution in [0.3, 0.4) is 0 Å². The number of aryl methyl sites for hydroxylation is 1. The topological polar surface area (TPSA) is 63.5 Å². The molecule has 0 saturated heterocycles. The minimum absolute atomic E-state index is 0. The van der Waals surface area contributed by atoms with E-state index in [2.05, 4.69) is 74.6 Å². The van der Waals surface area contributed by atoms with E-state index in [0.29, 0.717) is 0 Å². The summed E-state index contributed by atoms with van der Waals surface area (Å²) in [7, 11) is 3.50. The smallest absolute Gasteiger partial charge is 0.191 e. The summed E-state index contributed by atoms with van der Waals surface area (Å²) in [6, 6.07) is 14.9. The fourth-order valence-electron chi connectivity index (χ4n) is 3.11. The Labute approximate surface area is 195 Å². The number of hydrogen-bond acceptors (Lipinski definition) is 3. The lowest BCUT2D eigenvalue weighted by Crippen LogP contribution is -2.37. The van der Waals surface area contributed by atoms with Crippen LogP contribution in [0.15, 0.2) is 66.2 Å². The Morgan fingerprint density at radius 3 is 2.47 bits per heavy atom. The Hall–Kier alpha value is -2.55. The number of nitrogens with one attached hydrogen (secondary N) is 2. The fraction of sp³-hybridized carbons (Fsp3) is 0.304. The minimum Gasteiger partial charge on any atom is -0.496 e. The first kappa shape index (κ1) is 23.7. The predicted octanol–water partition coefficient (Wildman–Crippen LogP) is 3.77. The second-order valence-electron chi connectivity index (χ2n) is 6.96. The van der Waals surface area contributed by atoms with E-state index in [4.69, 9.17) is 4.74 Å². The Morgan fingerprint density at radius 1 is 1.07 bits per heavy atom. The van der Waals surface area contributed by atoms with Gasteiger partial charge < -0.3 is 19.9 Å². The molecule has 0 radical (unpaired) electrons. The minimum atomic E-state index is 0. The van der Waals surface area contributed by atoms with Crippen LogP contribution in [-0.4, -0.2) is 36.2 Å². The van der Waals surface area contributed by atoms with Gasteiger partial charge >= 0.3 is 0 Å². The van der Waals surface area contributed by atoms with Crippen LogP contribution in [0.5, 0.6) is 5.75 Å². The molecule has 0 saturated carbocycles. The van der Waals surface area contributed by atoms with Crippen molar-refractivity contribution in [2.45, 2.75) is 26.4 Å². The summed E-state index contributed by atoms with van der Waals surface area (Å²) in [4.78, 5) is 8.39. The van der Waals surface area contributed by atoms with Crippen LogP contribution in [0.25, 0.3) is 0 Å². The van der Waals surface area contributed by atoms with Crippen LogP contribution in [-0.2, 0) is 19.5 Å². The van der Waals surface area contributed by atoms with E-state index >= 15 is 0 Å². The third-order valence-electron chi connectivity index (χ3n) is 4.81. The number of methoxy groups -OCH3 is 1. The highest BCUT2D eigenvalue weighted by molar-refractivity contribution is 14.0.